The summed E-state index contributed by atoms with van der Waals surface area (Å²) in [5.74, 6) is -0.0805. The van der Waals surface area contributed by atoms with Crippen LogP contribution in [0.25, 0.3) is 0 Å². The molecule has 0 radical (unpaired) electrons. The molecule has 2 fully saturated rings. The molecule has 1 unspecified atom stereocenters. The van der Waals surface area contributed by atoms with Crippen molar-refractivity contribution in [1.29, 1.82) is 0 Å². The van der Waals surface area contributed by atoms with E-state index in [2.05, 4.69) is 0 Å². The smallest absolute Gasteiger partial charge is 0.313 e. The molecule has 1 spiro atoms. The summed E-state index contributed by atoms with van der Waals surface area (Å²) < 4.78 is 4.72. The molecule has 0 saturated heterocycles. The molecule has 0 heterocycles. The Morgan fingerprint density at radius 2 is 2.15 bits per heavy atom. The molecule has 3 nitrogen and oxygen atoms in total. The predicted molar refractivity (Wildman–Crippen MR) is 46.0 cm³/mol. The number of ketones is 1. The molecule has 0 N–H and O–H groups in total. The van der Waals surface area contributed by atoms with Crippen LogP contribution < -0.4 is 0 Å². The first-order valence-corrected chi connectivity index (χ1v) is 4.86. The first-order chi connectivity index (χ1) is 6.18. The third-order valence-electron chi connectivity index (χ3n) is 3.09. The zero-order valence-corrected chi connectivity index (χ0v) is 7.84. The summed E-state index contributed by atoms with van der Waals surface area (Å²) in [7, 11) is 0. The van der Waals surface area contributed by atoms with Crippen LogP contribution in [0.5, 0.6) is 0 Å². The minimum atomic E-state index is -0.366. The molecule has 72 valence electrons. The van der Waals surface area contributed by atoms with Crippen LogP contribution in [0, 0.1) is 11.3 Å². The van der Waals surface area contributed by atoms with E-state index in [4.69, 9.17) is 4.74 Å². The molecule has 2 rings (SSSR count). The molecule has 2 saturated carbocycles. The van der Waals surface area contributed by atoms with E-state index in [-0.39, 0.29) is 24.1 Å². The van der Waals surface area contributed by atoms with Gasteiger partial charge >= 0.3 is 5.97 Å². The highest BCUT2D eigenvalue weighted by molar-refractivity contribution is 5.98. The Morgan fingerprint density at radius 1 is 1.46 bits per heavy atom. The molecule has 0 aromatic carbocycles. The van der Waals surface area contributed by atoms with Crippen molar-refractivity contribution >= 4 is 11.8 Å². The average molecular weight is 182 g/mol. The zero-order chi connectivity index (χ0) is 9.47. The van der Waals surface area contributed by atoms with Crippen LogP contribution in [0.15, 0.2) is 0 Å². The maximum atomic E-state index is 11.4. The van der Waals surface area contributed by atoms with Crippen molar-refractivity contribution in [2.45, 2.75) is 32.6 Å². The van der Waals surface area contributed by atoms with E-state index >= 15 is 0 Å². The van der Waals surface area contributed by atoms with Crippen molar-refractivity contribution < 1.29 is 14.3 Å². The Morgan fingerprint density at radius 3 is 2.62 bits per heavy atom. The van der Waals surface area contributed by atoms with E-state index in [1.165, 1.54) is 12.8 Å². The highest BCUT2D eigenvalue weighted by Crippen LogP contribution is 2.70. The van der Waals surface area contributed by atoms with Gasteiger partial charge in [0, 0.05) is 5.92 Å². The Kier molecular flexibility index (Phi) is 1.90. The van der Waals surface area contributed by atoms with E-state index < -0.39 is 0 Å². The van der Waals surface area contributed by atoms with Gasteiger partial charge in [0.2, 0.25) is 0 Å². The highest BCUT2D eigenvalue weighted by atomic mass is 16.5. The Hall–Kier alpha value is -0.860. The van der Waals surface area contributed by atoms with E-state index in [1.807, 2.05) is 0 Å². The van der Waals surface area contributed by atoms with Crippen molar-refractivity contribution in [3.8, 4) is 0 Å². The highest BCUT2D eigenvalue weighted by Gasteiger charge is 2.65. The largest absolute Gasteiger partial charge is 0.466 e. The number of ether oxygens (including phenoxy) is 1. The second-order valence-corrected chi connectivity index (χ2v) is 4.07. The number of Topliss-reactive ketones (excluding diaryl/α,β-unsaturated/α-hetero) is 1. The number of carbonyl (C=O) groups excluding carboxylic acids is 2. The van der Waals surface area contributed by atoms with E-state index in [9.17, 15) is 9.59 Å². The molecular formula is C10H14O3. The number of hydrogen-bond acceptors (Lipinski definition) is 3. The summed E-state index contributed by atoms with van der Waals surface area (Å²) in [4.78, 5) is 22.4. The van der Waals surface area contributed by atoms with Gasteiger partial charge in [-0.2, -0.15) is 0 Å². The molecule has 2 aliphatic rings. The summed E-state index contributed by atoms with van der Waals surface area (Å²) in [5.41, 5.74) is 0.365. The van der Waals surface area contributed by atoms with Crippen LogP contribution in [0.1, 0.15) is 32.6 Å². The Bertz CT molecular complexity index is 253. The quantitative estimate of drug-likeness (QED) is 0.486. The lowest BCUT2D eigenvalue weighted by Crippen LogP contribution is -2.13. The van der Waals surface area contributed by atoms with Crippen molar-refractivity contribution in [3.63, 3.8) is 0 Å². The fourth-order valence-corrected chi connectivity index (χ4v) is 1.99. The third kappa shape index (κ3) is 1.60. The normalized spacial score (nSPS) is 27.0. The van der Waals surface area contributed by atoms with Gasteiger partial charge in [-0.1, -0.05) is 0 Å². The molecule has 0 amide bonds. The lowest BCUT2D eigenvalue weighted by Gasteiger charge is -1.99. The van der Waals surface area contributed by atoms with Gasteiger partial charge in [0.15, 0.2) is 0 Å². The van der Waals surface area contributed by atoms with Gasteiger partial charge in [0.05, 0.1) is 6.61 Å². The maximum absolute atomic E-state index is 11.4. The summed E-state index contributed by atoms with van der Waals surface area (Å²) in [6, 6.07) is 0. The standard InChI is InChI=1S/C10H14O3/c1-2-13-9(12)5-8(11)7-6-10(7)3-4-10/h7H,2-6H2,1H3. The number of rotatable bonds is 4. The third-order valence-corrected chi connectivity index (χ3v) is 3.09. The maximum Gasteiger partial charge on any atom is 0.313 e. The Labute approximate surface area is 77.4 Å². The lowest BCUT2D eigenvalue weighted by atomic mass is 10.1. The molecule has 0 aromatic rings. The number of carbonyl (C=O) groups is 2. The number of hydrogen-bond donors (Lipinski definition) is 0. The van der Waals surface area contributed by atoms with Crippen LogP contribution >= 0.6 is 0 Å². The van der Waals surface area contributed by atoms with Gasteiger partial charge in [-0.3, -0.25) is 9.59 Å². The molecule has 3 heteroatoms. The van der Waals surface area contributed by atoms with Gasteiger partial charge in [-0.15, -0.1) is 0 Å². The second kappa shape index (κ2) is 2.82. The summed E-state index contributed by atoms with van der Waals surface area (Å²) in [5, 5.41) is 0. The van der Waals surface area contributed by atoms with Gasteiger partial charge in [0.1, 0.15) is 12.2 Å². The fraction of sp³-hybridized carbons (Fsp3) is 0.800. The van der Waals surface area contributed by atoms with Gasteiger partial charge in [-0.05, 0) is 31.6 Å². The van der Waals surface area contributed by atoms with Gasteiger partial charge in [-0.25, -0.2) is 0 Å². The topological polar surface area (TPSA) is 43.4 Å². The molecule has 13 heavy (non-hydrogen) atoms. The van der Waals surface area contributed by atoms with Crippen LogP contribution in [0.2, 0.25) is 0 Å². The van der Waals surface area contributed by atoms with Crippen molar-refractivity contribution in [2.24, 2.45) is 11.3 Å². The van der Waals surface area contributed by atoms with E-state index in [1.54, 1.807) is 6.92 Å². The lowest BCUT2D eigenvalue weighted by molar-refractivity contribution is -0.145. The summed E-state index contributed by atoms with van der Waals surface area (Å²) >= 11 is 0. The van der Waals surface area contributed by atoms with Crippen LogP contribution in [0.3, 0.4) is 0 Å². The SMILES string of the molecule is CCOC(=O)CC(=O)C1CC12CC2. The zero-order valence-electron chi connectivity index (χ0n) is 7.84. The van der Waals surface area contributed by atoms with E-state index in [0.717, 1.165) is 6.42 Å². The second-order valence-electron chi connectivity index (χ2n) is 4.07. The first-order valence-electron chi connectivity index (χ1n) is 4.86. The van der Waals surface area contributed by atoms with Gasteiger partial charge in [0.25, 0.3) is 0 Å². The monoisotopic (exact) mass is 182 g/mol. The van der Waals surface area contributed by atoms with E-state index in [0.29, 0.717) is 12.0 Å². The van der Waals surface area contributed by atoms with Crippen LogP contribution in [-0.2, 0) is 14.3 Å². The molecule has 1 atom stereocenters. The summed E-state index contributed by atoms with van der Waals surface area (Å²) in [6.07, 6.45) is 3.38. The van der Waals surface area contributed by atoms with Crippen LogP contribution in [0.4, 0.5) is 0 Å². The van der Waals surface area contributed by atoms with Crippen molar-refractivity contribution in [2.75, 3.05) is 6.61 Å². The van der Waals surface area contributed by atoms with Crippen LogP contribution in [-0.4, -0.2) is 18.4 Å². The molecule has 0 aromatic heterocycles. The Balaban J connectivity index is 1.76. The fourth-order valence-electron chi connectivity index (χ4n) is 1.99. The molecule has 0 bridgehead atoms. The minimum Gasteiger partial charge on any atom is -0.466 e. The number of esters is 1. The minimum absolute atomic E-state index is 0.0136. The van der Waals surface area contributed by atoms with Crippen molar-refractivity contribution in [1.82, 2.24) is 0 Å². The van der Waals surface area contributed by atoms with Gasteiger partial charge < -0.3 is 4.74 Å². The average Bonchev–Trinajstić information content (AvgIpc) is 2.93. The van der Waals surface area contributed by atoms with Crippen molar-refractivity contribution in [3.05, 3.63) is 0 Å². The first kappa shape index (κ1) is 8.73. The molecule has 0 aliphatic heterocycles. The summed E-state index contributed by atoms with van der Waals surface area (Å²) in [6.45, 7) is 2.11. The molecule has 2 aliphatic carbocycles. The molecular weight excluding hydrogens is 168 g/mol. The predicted octanol–water partition coefficient (Wildman–Crippen LogP) is 1.31.